The van der Waals surface area contributed by atoms with Crippen LogP contribution in [0.15, 0.2) is 35.4 Å². The van der Waals surface area contributed by atoms with Gasteiger partial charge < -0.3 is 11.1 Å². The zero-order chi connectivity index (χ0) is 13.4. The van der Waals surface area contributed by atoms with Crippen LogP contribution in [0.1, 0.15) is 18.4 Å². The number of nitrogens with two attached hydrogens (primary N) is 1. The van der Waals surface area contributed by atoms with Gasteiger partial charge in [0.2, 0.25) is 5.91 Å². The Morgan fingerprint density at radius 2 is 2.00 bits per heavy atom. The average molecular weight is 264 g/mol. The first-order valence-corrected chi connectivity index (χ1v) is 5.92. The molecule has 0 atom stereocenters. The molecule has 0 spiro atoms. The van der Waals surface area contributed by atoms with E-state index in [1.807, 2.05) is 30.3 Å². The number of rotatable bonds is 5. The van der Waals surface area contributed by atoms with Crippen molar-refractivity contribution in [1.82, 2.24) is 10.7 Å². The topological polar surface area (TPSA) is 79.5 Å². The van der Waals surface area contributed by atoms with E-state index in [1.165, 1.54) is 0 Å². The number of nitrogens with one attached hydrogen (secondary N) is 2. The third kappa shape index (κ3) is 4.92. The van der Waals surface area contributed by atoms with E-state index in [0.717, 1.165) is 11.3 Å². The number of hydrogen-bond donors (Lipinski definition) is 3. The van der Waals surface area contributed by atoms with Crippen molar-refractivity contribution in [3.63, 3.8) is 0 Å². The van der Waals surface area contributed by atoms with Gasteiger partial charge in [-0.3, -0.25) is 10.2 Å². The monoisotopic (exact) mass is 264 g/mol. The van der Waals surface area contributed by atoms with Crippen LogP contribution >= 0.6 is 12.2 Å². The number of thiocarbonyl (C=S) groups is 1. The molecule has 0 heterocycles. The highest BCUT2D eigenvalue weighted by Crippen LogP contribution is 2.06. The maximum atomic E-state index is 11.2. The van der Waals surface area contributed by atoms with Gasteiger partial charge in [0, 0.05) is 19.9 Å². The van der Waals surface area contributed by atoms with E-state index in [1.54, 1.807) is 7.05 Å². The lowest BCUT2D eigenvalue weighted by atomic mass is 10.1. The number of carbonyl (C=O) groups is 1. The Morgan fingerprint density at radius 1 is 1.33 bits per heavy atom. The van der Waals surface area contributed by atoms with Crippen LogP contribution in [0.2, 0.25) is 0 Å². The van der Waals surface area contributed by atoms with E-state index in [4.69, 9.17) is 18.0 Å². The maximum Gasteiger partial charge on any atom is 0.220 e. The van der Waals surface area contributed by atoms with Crippen LogP contribution < -0.4 is 16.5 Å². The maximum absolute atomic E-state index is 11.2. The van der Waals surface area contributed by atoms with Crippen LogP contribution in [0.3, 0.4) is 0 Å². The number of nitrogens with zero attached hydrogens (tertiary/aromatic N) is 1. The molecule has 0 saturated heterocycles. The third-order valence-corrected chi connectivity index (χ3v) is 2.37. The van der Waals surface area contributed by atoms with Gasteiger partial charge in [0.25, 0.3) is 0 Å². The minimum atomic E-state index is -0.0334. The predicted octanol–water partition coefficient (Wildman–Crippen LogP) is 0.750. The Bertz CT molecular complexity index is 445. The molecule has 6 heteroatoms. The van der Waals surface area contributed by atoms with Crippen molar-refractivity contribution >= 4 is 28.9 Å². The van der Waals surface area contributed by atoms with Gasteiger partial charge in [-0.25, -0.2) is 0 Å². The number of amides is 1. The molecular formula is C12H16N4OS. The Kier molecular flexibility index (Phi) is 5.79. The fraction of sp³-hybridized carbons (Fsp3) is 0.250. The normalized spacial score (nSPS) is 10.8. The molecule has 96 valence electrons. The van der Waals surface area contributed by atoms with Crippen molar-refractivity contribution in [1.29, 1.82) is 0 Å². The van der Waals surface area contributed by atoms with Crippen LogP contribution in [-0.4, -0.2) is 23.8 Å². The van der Waals surface area contributed by atoms with Gasteiger partial charge >= 0.3 is 0 Å². The number of hydrazone groups is 1. The summed E-state index contributed by atoms with van der Waals surface area (Å²) in [4.78, 5) is 11.2. The SMILES string of the molecule is CNC(=O)CC/C(=N\NC(N)=S)c1ccccc1. The summed E-state index contributed by atoms with van der Waals surface area (Å²) >= 11 is 4.70. The second kappa shape index (κ2) is 7.39. The van der Waals surface area contributed by atoms with E-state index >= 15 is 0 Å². The van der Waals surface area contributed by atoms with Gasteiger partial charge in [0.05, 0.1) is 5.71 Å². The number of hydrogen-bond acceptors (Lipinski definition) is 3. The summed E-state index contributed by atoms with van der Waals surface area (Å²) in [5.41, 5.74) is 9.56. The summed E-state index contributed by atoms with van der Waals surface area (Å²) in [7, 11) is 1.61. The van der Waals surface area contributed by atoms with Crippen molar-refractivity contribution in [2.45, 2.75) is 12.8 Å². The van der Waals surface area contributed by atoms with Gasteiger partial charge in [-0.05, 0) is 17.8 Å². The zero-order valence-corrected chi connectivity index (χ0v) is 11.0. The zero-order valence-electron chi connectivity index (χ0n) is 10.1. The molecule has 0 bridgehead atoms. The number of benzene rings is 1. The minimum absolute atomic E-state index is 0.0334. The second-order valence-corrected chi connectivity index (χ2v) is 4.01. The molecule has 1 amide bonds. The lowest BCUT2D eigenvalue weighted by Crippen LogP contribution is -2.26. The molecule has 0 fully saturated rings. The summed E-state index contributed by atoms with van der Waals surface area (Å²) < 4.78 is 0. The number of carbonyl (C=O) groups excluding carboxylic acids is 1. The van der Waals surface area contributed by atoms with E-state index in [2.05, 4.69) is 15.8 Å². The summed E-state index contributed by atoms with van der Waals surface area (Å²) in [6.45, 7) is 0. The molecular weight excluding hydrogens is 248 g/mol. The van der Waals surface area contributed by atoms with E-state index in [9.17, 15) is 4.79 Å². The lowest BCUT2D eigenvalue weighted by Gasteiger charge is -2.07. The molecule has 1 aromatic carbocycles. The molecule has 0 radical (unpaired) electrons. The third-order valence-electron chi connectivity index (χ3n) is 2.28. The van der Waals surface area contributed by atoms with E-state index in [0.29, 0.717) is 12.8 Å². The van der Waals surface area contributed by atoms with Crippen LogP contribution in [0.4, 0.5) is 0 Å². The smallest absolute Gasteiger partial charge is 0.220 e. The molecule has 1 aromatic rings. The predicted molar refractivity (Wildman–Crippen MR) is 76.2 cm³/mol. The Morgan fingerprint density at radius 3 is 2.56 bits per heavy atom. The molecule has 0 aliphatic heterocycles. The second-order valence-electron chi connectivity index (χ2n) is 3.57. The first kappa shape index (κ1) is 14.1. The molecule has 0 unspecified atom stereocenters. The fourth-order valence-electron chi connectivity index (χ4n) is 1.37. The van der Waals surface area contributed by atoms with Crippen LogP contribution in [0.5, 0.6) is 0 Å². The molecule has 4 N–H and O–H groups in total. The van der Waals surface area contributed by atoms with Crippen molar-refractivity contribution in [3.05, 3.63) is 35.9 Å². The molecule has 1 rings (SSSR count). The van der Waals surface area contributed by atoms with Crippen LogP contribution in [0.25, 0.3) is 0 Å². The highest BCUT2D eigenvalue weighted by molar-refractivity contribution is 7.80. The van der Waals surface area contributed by atoms with Gasteiger partial charge in [-0.2, -0.15) is 5.10 Å². The van der Waals surface area contributed by atoms with Gasteiger partial charge in [-0.1, -0.05) is 30.3 Å². The molecule has 18 heavy (non-hydrogen) atoms. The van der Waals surface area contributed by atoms with Crippen molar-refractivity contribution < 1.29 is 4.79 Å². The van der Waals surface area contributed by atoms with Crippen molar-refractivity contribution in [2.75, 3.05) is 7.05 Å². The highest BCUT2D eigenvalue weighted by atomic mass is 32.1. The summed E-state index contributed by atoms with van der Waals surface area (Å²) in [6, 6.07) is 9.58. The summed E-state index contributed by atoms with van der Waals surface area (Å²) in [5.74, 6) is -0.0334. The molecule has 5 nitrogen and oxygen atoms in total. The fourth-order valence-corrected chi connectivity index (χ4v) is 1.42. The van der Waals surface area contributed by atoms with E-state index < -0.39 is 0 Å². The molecule has 0 aromatic heterocycles. The van der Waals surface area contributed by atoms with Gasteiger partial charge in [-0.15, -0.1) is 0 Å². The van der Waals surface area contributed by atoms with E-state index in [-0.39, 0.29) is 11.0 Å². The highest BCUT2D eigenvalue weighted by Gasteiger charge is 2.06. The Hall–Kier alpha value is -1.95. The summed E-state index contributed by atoms with van der Waals surface area (Å²) in [6.07, 6.45) is 0.878. The molecule has 0 aliphatic carbocycles. The van der Waals surface area contributed by atoms with Crippen molar-refractivity contribution in [2.24, 2.45) is 10.8 Å². The quantitative estimate of drug-likeness (QED) is 0.416. The average Bonchev–Trinajstić information content (AvgIpc) is 2.39. The Labute approximate surface area is 111 Å². The summed E-state index contributed by atoms with van der Waals surface area (Å²) in [5, 5.41) is 6.79. The lowest BCUT2D eigenvalue weighted by molar-refractivity contribution is -0.120. The van der Waals surface area contributed by atoms with Crippen LogP contribution in [-0.2, 0) is 4.79 Å². The van der Waals surface area contributed by atoms with Crippen molar-refractivity contribution in [3.8, 4) is 0 Å². The molecule has 0 saturated carbocycles. The van der Waals surface area contributed by atoms with Gasteiger partial charge in [0.1, 0.15) is 0 Å². The minimum Gasteiger partial charge on any atom is -0.375 e. The van der Waals surface area contributed by atoms with Gasteiger partial charge in [0.15, 0.2) is 5.11 Å². The Balaban J connectivity index is 2.79. The standard InChI is InChI=1S/C12H16N4OS/c1-14-11(17)8-7-10(15-16-12(13)18)9-5-3-2-4-6-9/h2-6H,7-8H2,1H3,(H,14,17)(H3,13,16,18)/b15-10+. The van der Waals surface area contributed by atoms with Crippen LogP contribution in [0, 0.1) is 0 Å². The first-order valence-electron chi connectivity index (χ1n) is 5.51. The largest absolute Gasteiger partial charge is 0.375 e. The molecule has 0 aliphatic rings. The first-order chi connectivity index (χ1) is 8.63.